The van der Waals surface area contributed by atoms with Gasteiger partial charge in [0.25, 0.3) is 0 Å². The first kappa shape index (κ1) is 16.4. The molecule has 0 aliphatic rings. The Bertz CT molecular complexity index is 694. The predicted octanol–water partition coefficient (Wildman–Crippen LogP) is 4.11. The Balaban J connectivity index is 2.09. The number of carbonyl (C=O) groups is 1. The van der Waals surface area contributed by atoms with Gasteiger partial charge in [-0.2, -0.15) is 0 Å². The van der Waals surface area contributed by atoms with Crippen molar-refractivity contribution in [1.82, 2.24) is 0 Å². The summed E-state index contributed by atoms with van der Waals surface area (Å²) >= 11 is 3.55. The molecule has 0 amide bonds. The highest BCUT2D eigenvalue weighted by atomic mass is 79.9. The second kappa shape index (κ2) is 7.84. The van der Waals surface area contributed by atoms with E-state index in [0.29, 0.717) is 19.0 Å². The summed E-state index contributed by atoms with van der Waals surface area (Å²) < 4.78 is 16.5. The molecule has 116 valence electrons. The number of benzene rings is 2. The molecule has 0 N–H and O–H groups in total. The van der Waals surface area contributed by atoms with Crippen molar-refractivity contribution >= 4 is 32.7 Å². The first-order valence-electron chi connectivity index (χ1n) is 6.88. The third-order valence-electron chi connectivity index (χ3n) is 3.00. The third-order valence-corrected chi connectivity index (χ3v) is 3.82. The molecule has 0 bridgehead atoms. The molecular weight excluding hydrogens is 348 g/mol. The molecular formula is C17H17BrO4. The van der Waals surface area contributed by atoms with Crippen LogP contribution in [0.15, 0.2) is 47.0 Å². The average molecular weight is 365 g/mol. The van der Waals surface area contributed by atoms with E-state index in [9.17, 15) is 4.79 Å². The highest BCUT2D eigenvalue weighted by Gasteiger charge is 2.07. The van der Waals surface area contributed by atoms with E-state index >= 15 is 0 Å². The minimum Gasteiger partial charge on any atom is -0.497 e. The van der Waals surface area contributed by atoms with Crippen LogP contribution in [0, 0.1) is 0 Å². The van der Waals surface area contributed by atoms with Gasteiger partial charge in [0.1, 0.15) is 18.1 Å². The lowest BCUT2D eigenvalue weighted by molar-refractivity contribution is -0.137. The molecule has 0 spiro atoms. The Morgan fingerprint density at radius 2 is 2.09 bits per heavy atom. The summed E-state index contributed by atoms with van der Waals surface area (Å²) in [5.41, 5.74) is 0. The predicted molar refractivity (Wildman–Crippen MR) is 89.5 cm³/mol. The summed E-state index contributed by atoms with van der Waals surface area (Å²) in [6.45, 7) is 2.42. The van der Waals surface area contributed by atoms with Crippen LogP contribution in [-0.4, -0.2) is 26.3 Å². The van der Waals surface area contributed by atoms with E-state index in [2.05, 4.69) is 15.9 Å². The lowest BCUT2D eigenvalue weighted by Crippen LogP contribution is -2.01. The van der Waals surface area contributed by atoms with Gasteiger partial charge < -0.3 is 14.2 Å². The summed E-state index contributed by atoms with van der Waals surface area (Å²) in [4.78, 5) is 11.2. The first-order valence-corrected chi connectivity index (χ1v) is 7.67. The van der Waals surface area contributed by atoms with Crippen LogP contribution < -0.4 is 9.47 Å². The van der Waals surface area contributed by atoms with Crippen LogP contribution >= 0.6 is 15.9 Å². The number of methoxy groups -OCH3 is 1. The van der Waals surface area contributed by atoms with E-state index in [1.54, 1.807) is 20.1 Å². The molecule has 0 saturated heterocycles. The number of esters is 1. The smallest absolute Gasteiger partial charge is 0.330 e. The zero-order valence-electron chi connectivity index (χ0n) is 12.5. The molecule has 2 aromatic carbocycles. The monoisotopic (exact) mass is 364 g/mol. The van der Waals surface area contributed by atoms with Crippen LogP contribution in [-0.2, 0) is 9.53 Å². The fourth-order valence-corrected chi connectivity index (χ4v) is 2.57. The van der Waals surface area contributed by atoms with Crippen molar-refractivity contribution in [3.63, 3.8) is 0 Å². The summed E-state index contributed by atoms with van der Waals surface area (Å²) in [6, 6.07) is 9.68. The fourth-order valence-electron chi connectivity index (χ4n) is 1.96. The lowest BCUT2D eigenvalue weighted by Gasteiger charge is -2.10. The maximum absolute atomic E-state index is 11.2. The highest BCUT2D eigenvalue weighted by Crippen LogP contribution is 2.34. The summed E-state index contributed by atoms with van der Waals surface area (Å²) in [6.07, 6.45) is 2.99. The molecule has 22 heavy (non-hydrogen) atoms. The van der Waals surface area contributed by atoms with Crippen LogP contribution in [0.2, 0.25) is 0 Å². The molecule has 5 heteroatoms. The molecule has 0 saturated carbocycles. The highest BCUT2D eigenvalue weighted by molar-refractivity contribution is 9.10. The van der Waals surface area contributed by atoms with Crippen molar-refractivity contribution in [1.29, 1.82) is 0 Å². The molecule has 2 rings (SSSR count). The maximum atomic E-state index is 11.2. The normalized spacial score (nSPS) is 10.9. The maximum Gasteiger partial charge on any atom is 0.330 e. The van der Waals surface area contributed by atoms with E-state index in [0.717, 1.165) is 21.0 Å². The van der Waals surface area contributed by atoms with Crippen LogP contribution in [0.5, 0.6) is 11.5 Å². The molecule has 0 aliphatic heterocycles. The SMILES string of the molecule is CCOC(=O)/C=C/COc1ccc2cc(OC)ccc2c1Br. The summed E-state index contributed by atoms with van der Waals surface area (Å²) in [5.74, 6) is 1.16. The molecule has 0 radical (unpaired) electrons. The van der Waals surface area contributed by atoms with Gasteiger partial charge in [-0.05, 0) is 64.0 Å². The van der Waals surface area contributed by atoms with Gasteiger partial charge in [-0.1, -0.05) is 6.07 Å². The van der Waals surface area contributed by atoms with Gasteiger partial charge in [0.2, 0.25) is 0 Å². The number of hydrogen-bond acceptors (Lipinski definition) is 4. The topological polar surface area (TPSA) is 44.8 Å². The van der Waals surface area contributed by atoms with Crippen LogP contribution in [0.4, 0.5) is 0 Å². The Labute approximate surface area is 137 Å². The Morgan fingerprint density at radius 3 is 2.82 bits per heavy atom. The molecule has 0 heterocycles. The van der Waals surface area contributed by atoms with Crippen molar-refractivity contribution in [3.8, 4) is 11.5 Å². The quantitative estimate of drug-likeness (QED) is 0.571. The molecule has 0 aliphatic carbocycles. The molecule has 0 unspecified atom stereocenters. The zero-order chi connectivity index (χ0) is 15.9. The Kier molecular flexibility index (Phi) is 5.83. The van der Waals surface area contributed by atoms with Gasteiger partial charge in [0.15, 0.2) is 0 Å². The van der Waals surface area contributed by atoms with Gasteiger partial charge in [-0.25, -0.2) is 4.79 Å². The van der Waals surface area contributed by atoms with Gasteiger partial charge in [0, 0.05) is 6.08 Å². The number of rotatable bonds is 6. The molecule has 0 atom stereocenters. The van der Waals surface area contributed by atoms with E-state index in [4.69, 9.17) is 14.2 Å². The zero-order valence-corrected chi connectivity index (χ0v) is 14.1. The second-order valence-corrected chi connectivity index (χ2v) is 5.22. The Morgan fingerprint density at radius 1 is 1.27 bits per heavy atom. The summed E-state index contributed by atoms with van der Waals surface area (Å²) in [7, 11) is 1.64. The minimum atomic E-state index is -0.365. The van der Waals surface area contributed by atoms with E-state index in [1.807, 2.05) is 30.3 Å². The minimum absolute atomic E-state index is 0.291. The molecule has 4 nitrogen and oxygen atoms in total. The number of fused-ring (bicyclic) bond motifs is 1. The number of ether oxygens (including phenoxy) is 3. The standard InChI is InChI=1S/C17H17BrO4/c1-3-21-16(19)5-4-10-22-15-9-6-12-11-13(20-2)7-8-14(12)17(15)18/h4-9,11H,3,10H2,1-2H3/b5-4+. The first-order chi connectivity index (χ1) is 10.7. The summed E-state index contributed by atoms with van der Waals surface area (Å²) in [5, 5.41) is 2.09. The van der Waals surface area contributed by atoms with E-state index in [-0.39, 0.29) is 5.97 Å². The van der Waals surface area contributed by atoms with Crippen molar-refractivity contribution in [2.24, 2.45) is 0 Å². The van der Waals surface area contributed by atoms with Gasteiger partial charge in [0.05, 0.1) is 18.2 Å². The number of halogens is 1. The molecule has 0 fully saturated rings. The van der Waals surface area contributed by atoms with Crippen LogP contribution in [0.1, 0.15) is 6.92 Å². The van der Waals surface area contributed by atoms with Crippen molar-refractivity contribution in [3.05, 3.63) is 47.0 Å². The van der Waals surface area contributed by atoms with Gasteiger partial charge in [-0.15, -0.1) is 0 Å². The third kappa shape index (κ3) is 4.01. The number of carbonyl (C=O) groups excluding carboxylic acids is 1. The van der Waals surface area contributed by atoms with Crippen molar-refractivity contribution < 1.29 is 19.0 Å². The van der Waals surface area contributed by atoms with Crippen LogP contribution in [0.3, 0.4) is 0 Å². The van der Waals surface area contributed by atoms with E-state index in [1.165, 1.54) is 6.08 Å². The van der Waals surface area contributed by atoms with Gasteiger partial charge in [-0.3, -0.25) is 0 Å². The Hall–Kier alpha value is -2.01. The lowest BCUT2D eigenvalue weighted by atomic mass is 10.1. The van der Waals surface area contributed by atoms with Gasteiger partial charge >= 0.3 is 5.97 Å². The average Bonchev–Trinajstić information content (AvgIpc) is 2.53. The molecule has 0 aromatic heterocycles. The van der Waals surface area contributed by atoms with Crippen molar-refractivity contribution in [2.75, 3.05) is 20.3 Å². The fraction of sp³-hybridized carbons (Fsp3) is 0.235. The molecule has 2 aromatic rings. The number of hydrogen-bond donors (Lipinski definition) is 0. The second-order valence-electron chi connectivity index (χ2n) is 4.43. The van der Waals surface area contributed by atoms with Crippen LogP contribution in [0.25, 0.3) is 10.8 Å². The largest absolute Gasteiger partial charge is 0.497 e. The van der Waals surface area contributed by atoms with E-state index < -0.39 is 0 Å². The van der Waals surface area contributed by atoms with Crippen molar-refractivity contribution in [2.45, 2.75) is 6.92 Å².